The SMILES string of the molecule is CC[C@H](C)NC(=O)[C@H](CC)N(Cc1ccc(OC)cc1)C(=O)CN(c1cccc(Cl)c1C)S(C)(=O)=O. The van der Waals surface area contributed by atoms with Crippen LogP contribution in [0.3, 0.4) is 0 Å². The van der Waals surface area contributed by atoms with Gasteiger partial charge in [-0.05, 0) is 62.1 Å². The van der Waals surface area contributed by atoms with Crippen molar-refractivity contribution < 1.29 is 22.7 Å². The first-order chi connectivity index (χ1) is 16.9. The fourth-order valence-electron chi connectivity index (χ4n) is 3.75. The minimum absolute atomic E-state index is 0.0638. The first-order valence-electron chi connectivity index (χ1n) is 11.9. The first-order valence-corrected chi connectivity index (χ1v) is 14.1. The molecular formula is C26H36ClN3O5S. The van der Waals surface area contributed by atoms with Gasteiger partial charge in [0, 0.05) is 17.6 Å². The molecule has 0 bridgehead atoms. The zero-order chi connectivity index (χ0) is 27.0. The van der Waals surface area contributed by atoms with E-state index in [4.69, 9.17) is 16.3 Å². The molecule has 198 valence electrons. The molecule has 0 aliphatic carbocycles. The number of carbonyl (C=O) groups excluding carboxylic acids is 2. The van der Waals surface area contributed by atoms with E-state index in [2.05, 4.69) is 5.32 Å². The molecule has 0 fully saturated rings. The molecule has 0 radical (unpaired) electrons. The van der Waals surface area contributed by atoms with Gasteiger partial charge in [0.05, 0.1) is 19.1 Å². The highest BCUT2D eigenvalue weighted by atomic mass is 35.5. The maximum atomic E-state index is 13.7. The molecule has 36 heavy (non-hydrogen) atoms. The van der Waals surface area contributed by atoms with Crippen molar-refractivity contribution in [2.24, 2.45) is 0 Å². The highest BCUT2D eigenvalue weighted by molar-refractivity contribution is 7.92. The third kappa shape index (κ3) is 7.61. The highest BCUT2D eigenvalue weighted by Gasteiger charge is 2.32. The summed E-state index contributed by atoms with van der Waals surface area (Å²) in [6, 6.07) is 11.2. The number of sulfonamides is 1. The number of nitrogens with one attached hydrogen (secondary N) is 1. The molecule has 10 heteroatoms. The van der Waals surface area contributed by atoms with Gasteiger partial charge in [-0.1, -0.05) is 43.6 Å². The third-order valence-electron chi connectivity index (χ3n) is 6.09. The Bertz CT molecular complexity index is 1150. The van der Waals surface area contributed by atoms with Crippen LogP contribution in [0, 0.1) is 6.92 Å². The summed E-state index contributed by atoms with van der Waals surface area (Å²) in [6.07, 6.45) is 2.14. The molecule has 0 aliphatic rings. The van der Waals surface area contributed by atoms with Crippen LogP contribution >= 0.6 is 11.6 Å². The van der Waals surface area contributed by atoms with Gasteiger partial charge in [0.15, 0.2) is 0 Å². The monoisotopic (exact) mass is 537 g/mol. The molecule has 2 atom stereocenters. The molecule has 2 aromatic rings. The number of nitrogens with zero attached hydrogens (tertiary/aromatic N) is 2. The van der Waals surface area contributed by atoms with Crippen molar-refractivity contribution in [1.29, 1.82) is 0 Å². The molecule has 0 saturated heterocycles. The largest absolute Gasteiger partial charge is 0.497 e. The molecule has 0 saturated carbocycles. The van der Waals surface area contributed by atoms with Crippen LogP contribution in [0.2, 0.25) is 5.02 Å². The van der Waals surface area contributed by atoms with E-state index in [1.165, 1.54) is 4.90 Å². The number of hydrogen-bond acceptors (Lipinski definition) is 5. The van der Waals surface area contributed by atoms with Crippen LogP contribution in [0.25, 0.3) is 0 Å². The van der Waals surface area contributed by atoms with E-state index < -0.39 is 28.5 Å². The Morgan fingerprint density at radius 1 is 1.08 bits per heavy atom. The van der Waals surface area contributed by atoms with Gasteiger partial charge >= 0.3 is 0 Å². The Hall–Kier alpha value is -2.78. The van der Waals surface area contributed by atoms with Gasteiger partial charge in [-0.3, -0.25) is 13.9 Å². The third-order valence-corrected chi connectivity index (χ3v) is 7.62. The van der Waals surface area contributed by atoms with Gasteiger partial charge < -0.3 is 15.0 Å². The smallest absolute Gasteiger partial charge is 0.244 e. The van der Waals surface area contributed by atoms with Gasteiger partial charge in [0.25, 0.3) is 0 Å². The lowest BCUT2D eigenvalue weighted by Gasteiger charge is -2.33. The lowest BCUT2D eigenvalue weighted by molar-refractivity contribution is -0.140. The Kier molecular flexibility index (Phi) is 10.6. The number of methoxy groups -OCH3 is 1. The summed E-state index contributed by atoms with van der Waals surface area (Å²) < 4.78 is 31.8. The minimum atomic E-state index is -3.83. The topological polar surface area (TPSA) is 96.0 Å². The molecule has 8 nitrogen and oxygen atoms in total. The Morgan fingerprint density at radius 3 is 2.25 bits per heavy atom. The normalized spacial score (nSPS) is 13.0. The fraction of sp³-hybridized carbons (Fsp3) is 0.462. The maximum Gasteiger partial charge on any atom is 0.244 e. The number of rotatable bonds is 12. The van der Waals surface area contributed by atoms with Crippen molar-refractivity contribution in [1.82, 2.24) is 10.2 Å². The van der Waals surface area contributed by atoms with Crippen LogP contribution in [0.5, 0.6) is 5.75 Å². The van der Waals surface area contributed by atoms with Crippen LogP contribution in [-0.4, -0.2) is 57.1 Å². The predicted molar refractivity (Wildman–Crippen MR) is 144 cm³/mol. The number of benzene rings is 2. The molecule has 0 aromatic heterocycles. The Balaban J connectivity index is 2.48. The van der Waals surface area contributed by atoms with Gasteiger partial charge in [-0.25, -0.2) is 8.42 Å². The van der Waals surface area contributed by atoms with Crippen molar-refractivity contribution in [3.05, 3.63) is 58.6 Å². The summed E-state index contributed by atoms with van der Waals surface area (Å²) in [4.78, 5) is 28.3. The molecule has 1 N–H and O–H groups in total. The second-order valence-corrected chi connectivity index (χ2v) is 11.1. The van der Waals surface area contributed by atoms with Crippen LogP contribution < -0.4 is 14.4 Å². The van der Waals surface area contributed by atoms with Crippen molar-refractivity contribution in [3.8, 4) is 5.75 Å². The van der Waals surface area contributed by atoms with Crippen LogP contribution in [0.1, 0.15) is 44.7 Å². The van der Waals surface area contributed by atoms with Gasteiger partial charge in [0.2, 0.25) is 21.8 Å². The minimum Gasteiger partial charge on any atom is -0.497 e. The molecule has 2 rings (SSSR count). The number of ether oxygens (including phenoxy) is 1. The lowest BCUT2D eigenvalue weighted by Crippen LogP contribution is -2.53. The van der Waals surface area contributed by atoms with Crippen molar-refractivity contribution in [2.75, 3.05) is 24.2 Å². The summed E-state index contributed by atoms with van der Waals surface area (Å²) in [5.74, 6) is -0.113. The van der Waals surface area contributed by atoms with Crippen LogP contribution in [0.15, 0.2) is 42.5 Å². The first kappa shape index (κ1) is 29.5. The van der Waals surface area contributed by atoms with E-state index in [0.717, 1.165) is 22.5 Å². The average Bonchev–Trinajstić information content (AvgIpc) is 2.83. The second kappa shape index (κ2) is 13.0. The number of anilines is 1. The number of halogens is 1. The van der Waals surface area contributed by atoms with Crippen molar-refractivity contribution in [3.63, 3.8) is 0 Å². The van der Waals surface area contributed by atoms with E-state index in [1.54, 1.807) is 44.4 Å². The van der Waals surface area contributed by atoms with E-state index in [0.29, 0.717) is 28.4 Å². The molecule has 2 amide bonds. The molecule has 0 aliphatic heterocycles. The van der Waals surface area contributed by atoms with E-state index in [-0.39, 0.29) is 18.5 Å². The summed E-state index contributed by atoms with van der Waals surface area (Å²) in [6.45, 7) is 7.04. The lowest BCUT2D eigenvalue weighted by atomic mass is 10.1. The van der Waals surface area contributed by atoms with Crippen molar-refractivity contribution in [2.45, 2.75) is 59.2 Å². The molecule has 2 aromatic carbocycles. The van der Waals surface area contributed by atoms with Crippen LogP contribution in [-0.2, 0) is 26.2 Å². The van der Waals surface area contributed by atoms with E-state index in [1.807, 2.05) is 32.9 Å². The quantitative estimate of drug-likeness (QED) is 0.439. The average molecular weight is 538 g/mol. The Labute approximate surface area is 219 Å². The molecule has 0 unspecified atom stereocenters. The van der Waals surface area contributed by atoms with E-state index in [9.17, 15) is 18.0 Å². The number of amides is 2. The zero-order valence-electron chi connectivity index (χ0n) is 21.7. The Morgan fingerprint density at radius 2 is 1.72 bits per heavy atom. The maximum absolute atomic E-state index is 13.7. The highest BCUT2D eigenvalue weighted by Crippen LogP contribution is 2.28. The summed E-state index contributed by atoms with van der Waals surface area (Å²) >= 11 is 6.24. The predicted octanol–water partition coefficient (Wildman–Crippen LogP) is 4.15. The second-order valence-electron chi connectivity index (χ2n) is 8.77. The van der Waals surface area contributed by atoms with E-state index >= 15 is 0 Å². The van der Waals surface area contributed by atoms with Crippen molar-refractivity contribution >= 4 is 39.1 Å². The summed E-state index contributed by atoms with van der Waals surface area (Å²) in [5.41, 5.74) is 1.64. The van der Waals surface area contributed by atoms with Crippen LogP contribution in [0.4, 0.5) is 5.69 Å². The van der Waals surface area contributed by atoms with Gasteiger partial charge in [-0.15, -0.1) is 0 Å². The zero-order valence-corrected chi connectivity index (χ0v) is 23.3. The summed E-state index contributed by atoms with van der Waals surface area (Å²) in [5, 5.41) is 3.34. The number of carbonyl (C=O) groups is 2. The molecule has 0 spiro atoms. The fourth-order valence-corrected chi connectivity index (χ4v) is 4.82. The van der Waals surface area contributed by atoms with Gasteiger partial charge in [0.1, 0.15) is 18.3 Å². The standard InChI is InChI=1S/C26H36ClN3O5S/c1-7-18(3)28-26(32)23(8-2)29(16-20-12-14-21(35-5)15-13-20)25(31)17-30(36(6,33)34)24-11-9-10-22(27)19(24)4/h9-15,18,23H,7-8,16-17H2,1-6H3,(H,28,32)/t18-,23-/m0/s1. The number of hydrogen-bond donors (Lipinski definition) is 1. The van der Waals surface area contributed by atoms with Gasteiger partial charge in [-0.2, -0.15) is 0 Å². The molecular weight excluding hydrogens is 502 g/mol. The summed E-state index contributed by atoms with van der Waals surface area (Å²) in [7, 11) is -2.27. The molecule has 0 heterocycles.